The number of carbonyl (C=O) groups excluding carboxylic acids is 1. The first-order valence-corrected chi connectivity index (χ1v) is 13.8. The molecule has 0 bridgehead atoms. The Morgan fingerprint density at radius 1 is 0.897 bits per heavy atom. The molecule has 1 amide bonds. The van der Waals surface area contributed by atoms with E-state index in [4.69, 9.17) is 27.9 Å². The Balaban J connectivity index is 1.36. The van der Waals surface area contributed by atoms with Crippen molar-refractivity contribution in [1.29, 1.82) is 0 Å². The first kappa shape index (κ1) is 26.8. The fourth-order valence-corrected chi connectivity index (χ4v) is 5.43. The van der Waals surface area contributed by atoms with Crippen molar-refractivity contribution in [3.63, 3.8) is 0 Å². The van der Waals surface area contributed by atoms with Crippen LogP contribution in [0.3, 0.4) is 0 Å². The van der Waals surface area contributed by atoms with Crippen molar-refractivity contribution in [3.05, 3.63) is 124 Å². The lowest BCUT2D eigenvalue weighted by atomic mass is 10.0. The maximum Gasteiger partial charge on any atom is 0.251 e. The smallest absolute Gasteiger partial charge is 0.251 e. The van der Waals surface area contributed by atoms with Gasteiger partial charge in [-0.15, -0.1) is 10.2 Å². The molecule has 0 aliphatic rings. The molecule has 1 aromatic heterocycles. The molecule has 0 fully saturated rings. The summed E-state index contributed by atoms with van der Waals surface area (Å²) >= 11 is 14.2. The zero-order chi connectivity index (χ0) is 27.2. The molecule has 0 aliphatic heterocycles. The summed E-state index contributed by atoms with van der Waals surface area (Å²) in [6, 6.07) is 30.6. The zero-order valence-corrected chi connectivity index (χ0v) is 23.3. The van der Waals surface area contributed by atoms with E-state index in [1.165, 1.54) is 11.8 Å². The van der Waals surface area contributed by atoms with Gasteiger partial charge >= 0.3 is 0 Å². The minimum absolute atomic E-state index is 0.158. The van der Waals surface area contributed by atoms with Gasteiger partial charge in [-0.2, -0.15) is 0 Å². The first-order valence-electron chi connectivity index (χ1n) is 12.1. The van der Waals surface area contributed by atoms with E-state index < -0.39 is 0 Å². The first-order chi connectivity index (χ1) is 19.0. The summed E-state index contributed by atoms with van der Waals surface area (Å²) < 4.78 is 7.19. The Bertz CT molecular complexity index is 1590. The number of hydrogen-bond acceptors (Lipinski definition) is 5. The van der Waals surface area contributed by atoms with E-state index >= 15 is 0 Å². The second kappa shape index (κ2) is 12.4. The highest BCUT2D eigenvalue weighted by Gasteiger charge is 2.18. The third-order valence-corrected chi connectivity index (χ3v) is 7.55. The molecule has 5 aromatic rings. The van der Waals surface area contributed by atoms with Crippen LogP contribution in [-0.2, 0) is 12.3 Å². The maximum absolute atomic E-state index is 13.0. The molecule has 4 aromatic carbocycles. The second-order valence-electron chi connectivity index (χ2n) is 8.60. The van der Waals surface area contributed by atoms with Crippen molar-refractivity contribution in [2.75, 3.05) is 7.11 Å². The van der Waals surface area contributed by atoms with Crippen molar-refractivity contribution < 1.29 is 9.53 Å². The molecule has 0 unspecified atom stereocenters. The van der Waals surface area contributed by atoms with E-state index in [2.05, 4.69) is 15.5 Å². The molecule has 9 heteroatoms. The van der Waals surface area contributed by atoms with Crippen LogP contribution >= 0.6 is 35.0 Å². The largest absolute Gasteiger partial charge is 0.497 e. The molecule has 1 heterocycles. The monoisotopic (exact) mass is 574 g/mol. The Hall–Kier alpha value is -3.78. The van der Waals surface area contributed by atoms with Crippen LogP contribution in [0.25, 0.3) is 16.8 Å². The molecule has 0 radical (unpaired) electrons. The highest BCUT2D eigenvalue weighted by Crippen LogP contribution is 2.31. The van der Waals surface area contributed by atoms with E-state index in [1.54, 1.807) is 19.2 Å². The topological polar surface area (TPSA) is 69.0 Å². The molecule has 0 atom stereocenters. The predicted molar refractivity (Wildman–Crippen MR) is 157 cm³/mol. The van der Waals surface area contributed by atoms with Crippen molar-refractivity contribution in [2.45, 2.75) is 17.5 Å². The van der Waals surface area contributed by atoms with Gasteiger partial charge < -0.3 is 10.1 Å². The van der Waals surface area contributed by atoms with Crippen molar-refractivity contribution in [2.24, 2.45) is 0 Å². The summed E-state index contributed by atoms with van der Waals surface area (Å²) in [6.07, 6.45) is 0. The van der Waals surface area contributed by atoms with Gasteiger partial charge in [-0.1, -0.05) is 89.6 Å². The van der Waals surface area contributed by atoms with Crippen LogP contribution < -0.4 is 10.1 Å². The van der Waals surface area contributed by atoms with Gasteiger partial charge in [0.2, 0.25) is 0 Å². The molecule has 196 valence electrons. The molecule has 0 aliphatic carbocycles. The molecule has 5 rings (SSSR count). The Morgan fingerprint density at radius 2 is 1.67 bits per heavy atom. The van der Waals surface area contributed by atoms with Crippen LogP contribution in [0.2, 0.25) is 10.0 Å². The van der Waals surface area contributed by atoms with Gasteiger partial charge in [0, 0.05) is 16.3 Å². The van der Waals surface area contributed by atoms with Crippen LogP contribution in [0.4, 0.5) is 0 Å². The Labute approximate surface area is 241 Å². The van der Waals surface area contributed by atoms with Crippen LogP contribution in [0, 0.1) is 0 Å². The number of amides is 1. The highest BCUT2D eigenvalue weighted by atomic mass is 35.5. The highest BCUT2D eigenvalue weighted by molar-refractivity contribution is 7.98. The van der Waals surface area contributed by atoms with Gasteiger partial charge in [0.25, 0.3) is 5.91 Å². The molecule has 0 spiro atoms. The fourth-order valence-electron chi connectivity index (χ4n) is 4.03. The number of hydrogen-bond donors (Lipinski definition) is 1. The average molecular weight is 576 g/mol. The number of carbonyl (C=O) groups is 1. The maximum atomic E-state index is 13.0. The van der Waals surface area contributed by atoms with Gasteiger partial charge in [0.05, 0.1) is 24.4 Å². The van der Waals surface area contributed by atoms with E-state index in [1.807, 2.05) is 89.5 Å². The van der Waals surface area contributed by atoms with Crippen molar-refractivity contribution >= 4 is 40.9 Å². The molecule has 39 heavy (non-hydrogen) atoms. The summed E-state index contributed by atoms with van der Waals surface area (Å²) in [6.45, 7) is 0.158. The number of benzene rings is 4. The molecule has 6 nitrogen and oxygen atoms in total. The van der Waals surface area contributed by atoms with Crippen molar-refractivity contribution in [3.8, 4) is 22.6 Å². The van der Waals surface area contributed by atoms with Crippen LogP contribution in [0.5, 0.6) is 5.75 Å². The zero-order valence-electron chi connectivity index (χ0n) is 21.0. The van der Waals surface area contributed by atoms with Gasteiger partial charge in [0.1, 0.15) is 5.75 Å². The van der Waals surface area contributed by atoms with Gasteiger partial charge in [0.15, 0.2) is 11.0 Å². The number of nitrogens with one attached hydrogen (secondary N) is 1. The van der Waals surface area contributed by atoms with Crippen LogP contribution in [0.15, 0.2) is 102 Å². The molecule has 1 N–H and O–H groups in total. The fraction of sp³-hybridized carbons (Fsp3) is 0.100. The minimum Gasteiger partial charge on any atom is -0.497 e. The normalized spacial score (nSPS) is 10.8. The standard InChI is InChI=1S/C30H24Cl2N4O2S/c1-38-25-9-5-6-20(16-25)19-39-30-35-34-28(36(30)27-15-14-24(31)17-26(27)32)18-33-29(37)23-12-10-22(11-13-23)21-7-3-2-4-8-21/h2-17H,18-19H2,1H3,(H,33,37). The summed E-state index contributed by atoms with van der Waals surface area (Å²) in [7, 11) is 1.64. The molecular formula is C30H24Cl2N4O2S. The number of aromatic nitrogens is 3. The number of halogens is 2. The number of ether oxygens (including phenoxy) is 1. The summed E-state index contributed by atoms with van der Waals surface area (Å²) in [5.74, 6) is 1.76. The van der Waals surface area contributed by atoms with Gasteiger partial charge in [-0.05, 0) is 59.2 Å². The molecule has 0 saturated carbocycles. The number of nitrogens with zero attached hydrogens (tertiary/aromatic N) is 3. The molecular weight excluding hydrogens is 551 g/mol. The third kappa shape index (κ3) is 6.45. The van der Waals surface area contributed by atoms with Gasteiger partial charge in [-0.25, -0.2) is 0 Å². The SMILES string of the molecule is COc1cccc(CSc2nnc(CNC(=O)c3ccc(-c4ccccc4)cc3)n2-c2ccc(Cl)cc2Cl)c1. The number of rotatable bonds is 9. The van der Waals surface area contributed by atoms with Crippen LogP contribution in [0.1, 0.15) is 21.7 Å². The number of methoxy groups -OCH3 is 1. The van der Waals surface area contributed by atoms with Crippen molar-refractivity contribution in [1.82, 2.24) is 20.1 Å². The summed E-state index contributed by atoms with van der Waals surface area (Å²) in [5, 5.41) is 13.4. The Morgan fingerprint density at radius 3 is 2.41 bits per heavy atom. The predicted octanol–water partition coefficient (Wildman–Crippen LogP) is 7.47. The average Bonchev–Trinajstić information content (AvgIpc) is 3.37. The van der Waals surface area contributed by atoms with E-state index in [-0.39, 0.29) is 12.5 Å². The van der Waals surface area contributed by atoms with E-state index in [0.717, 1.165) is 22.4 Å². The lowest BCUT2D eigenvalue weighted by Crippen LogP contribution is -2.24. The Kier molecular flexibility index (Phi) is 8.51. The molecule has 0 saturated heterocycles. The minimum atomic E-state index is -0.211. The second-order valence-corrected chi connectivity index (χ2v) is 10.4. The number of thioether (sulfide) groups is 1. The third-order valence-electron chi connectivity index (χ3n) is 6.01. The summed E-state index contributed by atoms with van der Waals surface area (Å²) in [5.41, 5.74) is 4.44. The van der Waals surface area contributed by atoms with E-state index in [0.29, 0.717) is 38.0 Å². The lowest BCUT2D eigenvalue weighted by molar-refractivity contribution is 0.0949. The summed E-state index contributed by atoms with van der Waals surface area (Å²) in [4.78, 5) is 13.0. The quantitative estimate of drug-likeness (QED) is 0.185. The van der Waals surface area contributed by atoms with Gasteiger partial charge in [-0.3, -0.25) is 9.36 Å². The van der Waals surface area contributed by atoms with Crippen LogP contribution in [-0.4, -0.2) is 27.8 Å². The lowest BCUT2D eigenvalue weighted by Gasteiger charge is -2.13. The van der Waals surface area contributed by atoms with E-state index in [9.17, 15) is 4.79 Å².